The molecule has 0 atom stereocenters. The van der Waals surface area contributed by atoms with Crippen LogP contribution in [-0.2, 0) is 4.79 Å². The van der Waals surface area contributed by atoms with Gasteiger partial charge in [0.1, 0.15) is 12.3 Å². The van der Waals surface area contributed by atoms with Crippen molar-refractivity contribution in [3.05, 3.63) is 24.3 Å². The number of benzene rings is 1. The minimum atomic E-state index is -0.848. The molecule has 0 aliphatic carbocycles. The van der Waals surface area contributed by atoms with Crippen LogP contribution in [0.1, 0.15) is 13.8 Å². The summed E-state index contributed by atoms with van der Waals surface area (Å²) >= 11 is 0. The number of rotatable bonds is 5. The van der Waals surface area contributed by atoms with Crippen molar-refractivity contribution in [3.8, 4) is 5.75 Å². The maximum Gasteiger partial charge on any atom is 0.323 e. The zero-order valence-corrected chi connectivity index (χ0v) is 9.80. The van der Waals surface area contributed by atoms with Gasteiger partial charge in [0, 0.05) is 6.04 Å². The molecule has 0 saturated heterocycles. The second-order valence-electron chi connectivity index (χ2n) is 3.79. The lowest BCUT2D eigenvalue weighted by Crippen LogP contribution is -2.35. The van der Waals surface area contributed by atoms with E-state index in [2.05, 4.69) is 0 Å². The van der Waals surface area contributed by atoms with Crippen LogP contribution in [-0.4, -0.2) is 30.8 Å². The van der Waals surface area contributed by atoms with Gasteiger partial charge in [-0.05, 0) is 26.0 Å². The molecule has 0 heterocycles. The summed E-state index contributed by atoms with van der Waals surface area (Å²) in [5.74, 6) is -0.156. The fourth-order valence-electron chi connectivity index (χ4n) is 1.56. The number of carboxylic acid groups (broad SMARTS) is 1. The molecule has 1 rings (SSSR count). The fourth-order valence-corrected chi connectivity index (χ4v) is 1.56. The van der Waals surface area contributed by atoms with Crippen molar-refractivity contribution in [2.45, 2.75) is 19.9 Å². The van der Waals surface area contributed by atoms with Crippen LogP contribution in [0, 0.1) is 0 Å². The van der Waals surface area contributed by atoms with Gasteiger partial charge in [-0.2, -0.15) is 0 Å². The highest BCUT2D eigenvalue weighted by Gasteiger charge is 2.17. The average molecular weight is 223 g/mol. The molecule has 0 aliphatic rings. The molecular weight excluding hydrogens is 206 g/mol. The van der Waals surface area contributed by atoms with E-state index < -0.39 is 5.97 Å². The van der Waals surface area contributed by atoms with Crippen molar-refractivity contribution in [2.24, 2.45) is 0 Å². The van der Waals surface area contributed by atoms with Crippen molar-refractivity contribution in [2.75, 3.05) is 18.6 Å². The smallest absolute Gasteiger partial charge is 0.323 e. The van der Waals surface area contributed by atoms with E-state index in [1.54, 1.807) is 12.0 Å². The molecule has 16 heavy (non-hydrogen) atoms. The number of carbonyl (C=O) groups is 1. The molecule has 0 bridgehead atoms. The predicted octanol–water partition coefficient (Wildman–Crippen LogP) is 1.99. The van der Waals surface area contributed by atoms with Crippen molar-refractivity contribution < 1.29 is 14.6 Å². The van der Waals surface area contributed by atoms with Crippen molar-refractivity contribution >= 4 is 11.7 Å². The standard InChI is InChI=1S/C12H17NO3/c1-9(2)13(8-12(14)15)10-6-4-5-7-11(10)16-3/h4-7,9H,8H2,1-3H3,(H,14,15). The van der Waals surface area contributed by atoms with Crippen LogP contribution in [0.4, 0.5) is 5.69 Å². The van der Waals surface area contributed by atoms with Gasteiger partial charge >= 0.3 is 5.97 Å². The van der Waals surface area contributed by atoms with Gasteiger partial charge < -0.3 is 14.7 Å². The Kier molecular flexibility index (Phi) is 4.17. The summed E-state index contributed by atoms with van der Waals surface area (Å²) in [5.41, 5.74) is 0.808. The van der Waals surface area contributed by atoms with E-state index in [1.165, 1.54) is 0 Å². The van der Waals surface area contributed by atoms with Crippen LogP contribution in [0.3, 0.4) is 0 Å². The lowest BCUT2D eigenvalue weighted by Gasteiger charge is -2.28. The Hall–Kier alpha value is -1.71. The van der Waals surface area contributed by atoms with Gasteiger partial charge in [0.05, 0.1) is 12.8 Å². The number of nitrogens with zero attached hydrogens (tertiary/aromatic N) is 1. The molecule has 1 N–H and O–H groups in total. The SMILES string of the molecule is COc1ccccc1N(CC(=O)O)C(C)C. The zero-order valence-electron chi connectivity index (χ0n) is 9.80. The summed E-state index contributed by atoms with van der Waals surface area (Å²) in [5, 5.41) is 8.88. The van der Waals surface area contributed by atoms with E-state index in [4.69, 9.17) is 9.84 Å². The highest BCUT2D eigenvalue weighted by molar-refractivity contribution is 5.75. The molecule has 0 amide bonds. The maximum absolute atomic E-state index is 10.8. The molecule has 0 spiro atoms. The van der Waals surface area contributed by atoms with Gasteiger partial charge in [-0.3, -0.25) is 4.79 Å². The summed E-state index contributed by atoms with van der Waals surface area (Å²) in [6.45, 7) is 3.88. The molecule has 0 radical (unpaired) electrons. The Morgan fingerprint density at radius 2 is 2.06 bits per heavy atom. The van der Waals surface area contributed by atoms with Crippen molar-refractivity contribution in [3.63, 3.8) is 0 Å². The minimum Gasteiger partial charge on any atom is -0.495 e. The van der Waals surface area contributed by atoms with E-state index in [9.17, 15) is 4.79 Å². The third-order valence-electron chi connectivity index (χ3n) is 2.32. The van der Waals surface area contributed by atoms with Crippen LogP contribution in [0.5, 0.6) is 5.75 Å². The number of hydrogen-bond donors (Lipinski definition) is 1. The number of ether oxygens (including phenoxy) is 1. The second-order valence-corrected chi connectivity index (χ2v) is 3.79. The summed E-state index contributed by atoms with van der Waals surface area (Å²) in [4.78, 5) is 12.6. The summed E-state index contributed by atoms with van der Waals surface area (Å²) in [6.07, 6.45) is 0. The number of carboxylic acids is 1. The molecule has 88 valence electrons. The normalized spacial score (nSPS) is 10.2. The molecule has 0 fully saturated rings. The van der Waals surface area contributed by atoms with E-state index in [0.717, 1.165) is 5.69 Å². The van der Waals surface area contributed by atoms with Crippen LogP contribution in [0.15, 0.2) is 24.3 Å². The number of para-hydroxylation sites is 2. The molecule has 0 aliphatic heterocycles. The summed E-state index contributed by atoms with van der Waals surface area (Å²) in [6, 6.07) is 7.53. The van der Waals surface area contributed by atoms with Gasteiger partial charge in [-0.25, -0.2) is 0 Å². The van der Waals surface area contributed by atoms with Crippen LogP contribution < -0.4 is 9.64 Å². The fraction of sp³-hybridized carbons (Fsp3) is 0.417. The Bertz CT molecular complexity index is 363. The molecule has 4 heteroatoms. The molecule has 0 saturated carbocycles. The average Bonchev–Trinajstić information content (AvgIpc) is 2.25. The van der Waals surface area contributed by atoms with Crippen LogP contribution in [0.2, 0.25) is 0 Å². The predicted molar refractivity (Wildman–Crippen MR) is 63.1 cm³/mol. The Balaban J connectivity index is 3.05. The van der Waals surface area contributed by atoms with E-state index in [-0.39, 0.29) is 12.6 Å². The molecule has 1 aromatic rings. The van der Waals surface area contributed by atoms with Crippen LogP contribution >= 0.6 is 0 Å². The first-order valence-corrected chi connectivity index (χ1v) is 5.17. The Morgan fingerprint density at radius 3 is 2.56 bits per heavy atom. The lowest BCUT2D eigenvalue weighted by atomic mass is 10.2. The molecule has 1 aromatic carbocycles. The first-order valence-electron chi connectivity index (χ1n) is 5.17. The second kappa shape index (κ2) is 5.39. The quantitative estimate of drug-likeness (QED) is 0.829. The first-order chi connectivity index (χ1) is 7.56. The number of anilines is 1. The highest BCUT2D eigenvalue weighted by Crippen LogP contribution is 2.28. The van der Waals surface area contributed by atoms with Crippen molar-refractivity contribution in [1.82, 2.24) is 0 Å². The van der Waals surface area contributed by atoms with E-state index in [0.29, 0.717) is 5.75 Å². The highest BCUT2D eigenvalue weighted by atomic mass is 16.5. The first kappa shape index (κ1) is 12.4. The minimum absolute atomic E-state index is 0.0297. The molecule has 4 nitrogen and oxygen atoms in total. The third kappa shape index (κ3) is 2.89. The van der Waals surface area contributed by atoms with Gasteiger partial charge in [0.25, 0.3) is 0 Å². The number of hydrogen-bond acceptors (Lipinski definition) is 3. The topological polar surface area (TPSA) is 49.8 Å². The van der Waals surface area contributed by atoms with E-state index in [1.807, 2.05) is 38.1 Å². The maximum atomic E-state index is 10.8. The molecular formula is C12H17NO3. The summed E-state index contributed by atoms with van der Waals surface area (Å²) in [7, 11) is 1.58. The van der Waals surface area contributed by atoms with E-state index >= 15 is 0 Å². The van der Waals surface area contributed by atoms with Gasteiger partial charge in [-0.15, -0.1) is 0 Å². The third-order valence-corrected chi connectivity index (χ3v) is 2.32. The van der Waals surface area contributed by atoms with Gasteiger partial charge in [0.15, 0.2) is 0 Å². The lowest BCUT2D eigenvalue weighted by molar-refractivity contribution is -0.135. The number of methoxy groups -OCH3 is 1. The number of aliphatic carboxylic acids is 1. The summed E-state index contributed by atoms with van der Waals surface area (Å²) < 4.78 is 5.22. The zero-order chi connectivity index (χ0) is 12.1. The molecule has 0 aromatic heterocycles. The Morgan fingerprint density at radius 1 is 1.44 bits per heavy atom. The molecule has 0 unspecified atom stereocenters. The van der Waals surface area contributed by atoms with Gasteiger partial charge in [-0.1, -0.05) is 12.1 Å². The van der Waals surface area contributed by atoms with Crippen LogP contribution in [0.25, 0.3) is 0 Å². The Labute approximate surface area is 95.5 Å². The van der Waals surface area contributed by atoms with Gasteiger partial charge in [0.2, 0.25) is 0 Å². The van der Waals surface area contributed by atoms with Crippen molar-refractivity contribution in [1.29, 1.82) is 0 Å². The monoisotopic (exact) mass is 223 g/mol. The largest absolute Gasteiger partial charge is 0.495 e.